The van der Waals surface area contributed by atoms with E-state index in [2.05, 4.69) is 16.3 Å². The molecular formula is C10H16ClN3O3S. The van der Waals surface area contributed by atoms with Crippen LogP contribution in [-0.2, 0) is 21.8 Å². The van der Waals surface area contributed by atoms with E-state index in [4.69, 9.17) is 16.3 Å². The molecule has 1 aromatic heterocycles. The SMILES string of the molecule is C=C(C)COCCNS(=O)(=O)c1ncn(C)c1Cl. The molecule has 0 fully saturated rings. The number of halogens is 1. The van der Waals surface area contributed by atoms with Crippen molar-refractivity contribution in [3.8, 4) is 0 Å². The van der Waals surface area contributed by atoms with Crippen molar-refractivity contribution in [1.82, 2.24) is 14.3 Å². The molecule has 0 bridgehead atoms. The summed E-state index contributed by atoms with van der Waals surface area (Å²) in [6.45, 7) is 6.33. The molecule has 0 aromatic carbocycles. The van der Waals surface area contributed by atoms with Crippen molar-refractivity contribution in [3.63, 3.8) is 0 Å². The maximum absolute atomic E-state index is 11.8. The summed E-state index contributed by atoms with van der Waals surface area (Å²) in [5.74, 6) is 0. The van der Waals surface area contributed by atoms with Gasteiger partial charge in [0.2, 0.25) is 5.03 Å². The van der Waals surface area contributed by atoms with Crippen molar-refractivity contribution in [3.05, 3.63) is 23.6 Å². The van der Waals surface area contributed by atoms with Gasteiger partial charge < -0.3 is 9.30 Å². The number of sulfonamides is 1. The Balaban J connectivity index is 2.51. The minimum absolute atomic E-state index is 0.0744. The minimum atomic E-state index is -3.69. The molecule has 0 amide bonds. The highest BCUT2D eigenvalue weighted by molar-refractivity contribution is 7.89. The molecule has 102 valence electrons. The predicted molar refractivity (Wildman–Crippen MR) is 69.0 cm³/mol. The fraction of sp³-hybridized carbons (Fsp3) is 0.500. The summed E-state index contributed by atoms with van der Waals surface area (Å²) < 4.78 is 32.6. The zero-order valence-electron chi connectivity index (χ0n) is 10.3. The Bertz CT molecular complexity index is 524. The van der Waals surface area contributed by atoms with Gasteiger partial charge in [-0.2, -0.15) is 0 Å². The second kappa shape index (κ2) is 6.33. The average Bonchev–Trinajstić information content (AvgIpc) is 2.59. The summed E-state index contributed by atoms with van der Waals surface area (Å²) in [6, 6.07) is 0. The van der Waals surface area contributed by atoms with Gasteiger partial charge in [0.1, 0.15) is 5.15 Å². The van der Waals surface area contributed by atoms with Crippen LogP contribution in [0.4, 0.5) is 0 Å². The monoisotopic (exact) mass is 293 g/mol. The van der Waals surface area contributed by atoms with Crippen molar-refractivity contribution in [2.75, 3.05) is 19.8 Å². The second-order valence-corrected chi connectivity index (χ2v) is 5.90. The maximum Gasteiger partial charge on any atom is 0.261 e. The van der Waals surface area contributed by atoms with E-state index in [1.165, 1.54) is 10.9 Å². The number of nitrogens with zero attached hydrogens (tertiary/aromatic N) is 2. The van der Waals surface area contributed by atoms with Gasteiger partial charge in [-0.3, -0.25) is 0 Å². The molecule has 1 N–H and O–H groups in total. The molecule has 0 atom stereocenters. The Kier molecular flexibility index (Phi) is 5.33. The van der Waals surface area contributed by atoms with Crippen LogP contribution in [0.2, 0.25) is 5.15 Å². The average molecular weight is 294 g/mol. The third-order valence-corrected chi connectivity index (χ3v) is 3.93. The van der Waals surface area contributed by atoms with E-state index < -0.39 is 10.0 Å². The summed E-state index contributed by atoms with van der Waals surface area (Å²) in [7, 11) is -2.07. The highest BCUT2D eigenvalue weighted by atomic mass is 35.5. The molecule has 0 aliphatic carbocycles. The van der Waals surface area contributed by atoms with Crippen molar-refractivity contribution < 1.29 is 13.2 Å². The van der Waals surface area contributed by atoms with Gasteiger partial charge in [-0.05, 0) is 6.92 Å². The number of ether oxygens (including phenoxy) is 1. The highest BCUT2D eigenvalue weighted by Crippen LogP contribution is 2.17. The van der Waals surface area contributed by atoms with E-state index in [9.17, 15) is 8.42 Å². The summed E-state index contributed by atoms with van der Waals surface area (Å²) in [6.07, 6.45) is 1.34. The van der Waals surface area contributed by atoms with Gasteiger partial charge in [0, 0.05) is 13.6 Å². The lowest BCUT2D eigenvalue weighted by molar-refractivity contribution is 0.162. The van der Waals surface area contributed by atoms with Gasteiger partial charge in [-0.25, -0.2) is 18.1 Å². The van der Waals surface area contributed by atoms with Crippen LogP contribution < -0.4 is 4.72 Å². The first-order valence-corrected chi connectivity index (χ1v) is 7.09. The molecule has 18 heavy (non-hydrogen) atoms. The van der Waals surface area contributed by atoms with Gasteiger partial charge >= 0.3 is 0 Å². The van der Waals surface area contributed by atoms with Crippen molar-refractivity contribution in [2.24, 2.45) is 7.05 Å². The summed E-state index contributed by atoms with van der Waals surface area (Å²) >= 11 is 5.81. The molecule has 6 nitrogen and oxygen atoms in total. The topological polar surface area (TPSA) is 73.2 Å². The second-order valence-electron chi connectivity index (χ2n) is 3.86. The van der Waals surface area contributed by atoms with Crippen LogP contribution in [-0.4, -0.2) is 37.7 Å². The van der Waals surface area contributed by atoms with E-state index in [0.29, 0.717) is 6.61 Å². The number of aryl methyl sites for hydroxylation is 1. The lowest BCUT2D eigenvalue weighted by atomic mass is 10.4. The maximum atomic E-state index is 11.8. The highest BCUT2D eigenvalue weighted by Gasteiger charge is 2.21. The van der Waals surface area contributed by atoms with Gasteiger partial charge in [0.15, 0.2) is 0 Å². The number of hydrogen-bond acceptors (Lipinski definition) is 4. The smallest absolute Gasteiger partial charge is 0.261 e. The largest absolute Gasteiger partial charge is 0.376 e. The van der Waals surface area contributed by atoms with E-state index in [0.717, 1.165) is 5.57 Å². The van der Waals surface area contributed by atoms with Gasteiger partial charge in [-0.1, -0.05) is 23.8 Å². The molecule has 0 aliphatic heterocycles. The van der Waals surface area contributed by atoms with E-state index in [1.54, 1.807) is 7.05 Å². The first kappa shape index (κ1) is 15.2. The fourth-order valence-electron chi connectivity index (χ4n) is 1.14. The Hall–Kier alpha value is -0.890. The lowest BCUT2D eigenvalue weighted by Crippen LogP contribution is -2.28. The summed E-state index contributed by atoms with van der Waals surface area (Å²) in [5, 5.41) is -0.100. The minimum Gasteiger partial charge on any atom is -0.376 e. The van der Waals surface area contributed by atoms with E-state index in [1.807, 2.05) is 6.92 Å². The Morgan fingerprint density at radius 1 is 1.67 bits per heavy atom. The predicted octanol–water partition coefficient (Wildman–Crippen LogP) is 0.945. The molecule has 0 unspecified atom stereocenters. The van der Waals surface area contributed by atoms with E-state index >= 15 is 0 Å². The molecule has 1 rings (SSSR count). The van der Waals surface area contributed by atoms with Crippen molar-refractivity contribution in [1.29, 1.82) is 0 Å². The van der Waals surface area contributed by atoms with Crippen molar-refractivity contribution in [2.45, 2.75) is 11.9 Å². The van der Waals surface area contributed by atoms with Gasteiger partial charge in [-0.15, -0.1) is 0 Å². The van der Waals surface area contributed by atoms with Gasteiger partial charge in [0.25, 0.3) is 10.0 Å². The standard InChI is InChI=1S/C10H16ClN3O3S/c1-8(2)6-17-5-4-13-18(15,16)10-9(11)14(3)7-12-10/h7,13H,1,4-6H2,2-3H3. The Labute approximate surface area is 112 Å². The third-order valence-electron chi connectivity index (χ3n) is 1.98. The van der Waals surface area contributed by atoms with Crippen LogP contribution in [0, 0.1) is 0 Å². The van der Waals surface area contributed by atoms with Crippen LogP contribution in [0.5, 0.6) is 0 Å². The fourth-order valence-corrected chi connectivity index (χ4v) is 2.57. The number of rotatable bonds is 7. The summed E-state index contributed by atoms with van der Waals surface area (Å²) in [4.78, 5) is 3.74. The Morgan fingerprint density at radius 2 is 2.33 bits per heavy atom. The molecule has 0 aliphatic rings. The number of imidazole rings is 1. The molecule has 1 heterocycles. The van der Waals surface area contributed by atoms with Crippen LogP contribution >= 0.6 is 11.6 Å². The molecule has 8 heteroatoms. The van der Waals surface area contributed by atoms with Crippen LogP contribution in [0.15, 0.2) is 23.5 Å². The quantitative estimate of drug-likeness (QED) is 0.600. The zero-order valence-corrected chi connectivity index (χ0v) is 11.9. The summed E-state index contributed by atoms with van der Waals surface area (Å²) in [5.41, 5.74) is 0.880. The number of hydrogen-bond donors (Lipinski definition) is 1. The first-order chi connectivity index (χ1) is 8.34. The third kappa shape index (κ3) is 4.09. The molecule has 0 saturated carbocycles. The lowest BCUT2D eigenvalue weighted by Gasteiger charge is -2.06. The molecule has 1 aromatic rings. The molecule has 0 saturated heterocycles. The van der Waals surface area contributed by atoms with Crippen LogP contribution in [0.1, 0.15) is 6.92 Å². The van der Waals surface area contributed by atoms with E-state index in [-0.39, 0.29) is 23.3 Å². The Morgan fingerprint density at radius 3 is 2.83 bits per heavy atom. The normalized spacial score (nSPS) is 11.7. The molecule has 0 radical (unpaired) electrons. The zero-order chi connectivity index (χ0) is 13.8. The number of nitrogens with one attached hydrogen (secondary N) is 1. The first-order valence-electron chi connectivity index (χ1n) is 5.23. The van der Waals surface area contributed by atoms with Crippen molar-refractivity contribution >= 4 is 21.6 Å². The molecule has 0 spiro atoms. The van der Waals surface area contributed by atoms with Crippen LogP contribution in [0.3, 0.4) is 0 Å². The van der Waals surface area contributed by atoms with Crippen LogP contribution in [0.25, 0.3) is 0 Å². The van der Waals surface area contributed by atoms with Gasteiger partial charge in [0.05, 0.1) is 19.5 Å². The number of aromatic nitrogens is 2. The molecular weight excluding hydrogens is 278 g/mol.